The van der Waals surface area contributed by atoms with Crippen molar-refractivity contribution in [2.24, 2.45) is 0 Å². The summed E-state index contributed by atoms with van der Waals surface area (Å²) in [5.74, 6) is 0. The highest BCUT2D eigenvalue weighted by Crippen LogP contribution is 2.45. The summed E-state index contributed by atoms with van der Waals surface area (Å²) in [7, 11) is 0. The van der Waals surface area contributed by atoms with Crippen molar-refractivity contribution >= 4 is 114 Å². The van der Waals surface area contributed by atoms with Crippen LogP contribution >= 0.6 is 0 Å². The molecular weight excluding hydrogens is 691 g/mol. The Bertz CT molecular complexity index is 3940. The lowest BCUT2D eigenvalue weighted by Crippen LogP contribution is -1.84. The molecule has 0 aliphatic heterocycles. The summed E-state index contributed by atoms with van der Waals surface area (Å²) in [4.78, 5) is 0. The zero-order chi connectivity index (χ0) is 36.7. The number of hydrogen-bond donors (Lipinski definition) is 0. The van der Waals surface area contributed by atoms with Crippen LogP contribution in [0.15, 0.2) is 176 Å². The molecule has 0 aliphatic carbocycles. The van der Waals surface area contributed by atoms with Crippen molar-refractivity contribution in [2.45, 2.75) is 0 Å². The van der Waals surface area contributed by atoms with Gasteiger partial charge in [-0.15, -0.1) is 0 Å². The molecule has 0 aliphatic rings. The molecule has 15 aromatic rings. The summed E-state index contributed by atoms with van der Waals surface area (Å²) in [6.45, 7) is 0. The van der Waals surface area contributed by atoms with Gasteiger partial charge in [0.25, 0.3) is 0 Å². The Morgan fingerprint density at radius 1 is 0.193 bits per heavy atom. The van der Waals surface area contributed by atoms with E-state index >= 15 is 0 Å². The summed E-state index contributed by atoms with van der Waals surface area (Å²) < 4.78 is 7.40. The fourth-order valence-corrected chi connectivity index (χ4v) is 11.1. The van der Waals surface area contributed by atoms with E-state index in [-0.39, 0.29) is 0 Å². The van der Waals surface area contributed by atoms with Crippen molar-refractivity contribution in [3.63, 3.8) is 0 Å². The average molecular weight is 720 g/mol. The van der Waals surface area contributed by atoms with Crippen LogP contribution in [-0.2, 0) is 0 Å². The quantitative estimate of drug-likeness (QED) is 0.169. The molecule has 0 fully saturated rings. The molecule has 6 aromatic heterocycles. The van der Waals surface area contributed by atoms with Gasteiger partial charge in [0, 0.05) is 64.6 Å². The highest BCUT2D eigenvalue weighted by atomic mass is 14.9. The summed E-state index contributed by atoms with van der Waals surface area (Å²) in [5.41, 5.74) is 16.5. The topological polar surface area (TPSA) is 13.2 Å². The Labute approximate surface area is 324 Å². The number of rotatable bonds is 2. The third-order valence-electron chi connectivity index (χ3n) is 13.4. The molecule has 15 rings (SSSR count). The Hall–Kier alpha value is -7.62. The summed E-state index contributed by atoms with van der Waals surface area (Å²) in [5, 5.41) is 15.7. The van der Waals surface area contributed by atoms with E-state index in [1.807, 2.05) is 0 Å². The van der Waals surface area contributed by atoms with Gasteiger partial charge in [0.05, 0.1) is 49.7 Å². The van der Waals surface area contributed by atoms with E-state index in [0.717, 1.165) is 0 Å². The molecule has 6 heterocycles. The molecule has 57 heavy (non-hydrogen) atoms. The number of aromatic nitrogens is 3. The minimum Gasteiger partial charge on any atom is -0.308 e. The van der Waals surface area contributed by atoms with Gasteiger partial charge >= 0.3 is 0 Å². The molecule has 0 amide bonds. The van der Waals surface area contributed by atoms with Gasteiger partial charge in [-0.3, -0.25) is 0 Å². The van der Waals surface area contributed by atoms with Crippen molar-refractivity contribution in [3.05, 3.63) is 176 Å². The van der Waals surface area contributed by atoms with Gasteiger partial charge in [0.15, 0.2) is 0 Å². The van der Waals surface area contributed by atoms with E-state index in [9.17, 15) is 0 Å². The van der Waals surface area contributed by atoms with E-state index in [1.54, 1.807) is 0 Å². The average Bonchev–Trinajstić information content (AvgIpc) is 4.10. The highest BCUT2D eigenvalue weighted by Gasteiger charge is 2.21. The van der Waals surface area contributed by atoms with Crippen LogP contribution in [0, 0.1) is 0 Å². The largest absolute Gasteiger partial charge is 0.308 e. The molecule has 0 saturated carbocycles. The Kier molecular flexibility index (Phi) is 4.94. The maximum Gasteiger partial charge on any atom is 0.0620 e. The smallest absolute Gasteiger partial charge is 0.0620 e. The van der Waals surface area contributed by atoms with E-state index in [4.69, 9.17) is 0 Å². The minimum atomic E-state index is 1.24. The highest BCUT2D eigenvalue weighted by molar-refractivity contribution is 6.26. The fourth-order valence-electron chi connectivity index (χ4n) is 11.1. The Morgan fingerprint density at radius 3 is 0.754 bits per heavy atom. The molecule has 0 spiro atoms. The number of hydrogen-bond acceptors (Lipinski definition) is 0. The van der Waals surface area contributed by atoms with Crippen LogP contribution in [0.3, 0.4) is 0 Å². The first-order chi connectivity index (χ1) is 28.3. The van der Waals surface area contributed by atoms with Crippen LogP contribution in [0.5, 0.6) is 0 Å². The summed E-state index contributed by atoms with van der Waals surface area (Å²) in [6, 6.07) is 66.1. The van der Waals surface area contributed by atoms with E-state index < -0.39 is 0 Å². The van der Waals surface area contributed by atoms with Crippen LogP contribution < -0.4 is 0 Å². The van der Waals surface area contributed by atoms with Crippen LogP contribution in [0.2, 0.25) is 0 Å². The van der Waals surface area contributed by atoms with E-state index in [1.165, 1.54) is 137 Å². The molecule has 3 nitrogen and oxygen atoms in total. The van der Waals surface area contributed by atoms with Gasteiger partial charge in [0.1, 0.15) is 0 Å². The first-order valence-corrected chi connectivity index (χ1v) is 19.9. The van der Waals surface area contributed by atoms with E-state index in [2.05, 4.69) is 189 Å². The molecule has 0 atom stereocenters. The second-order valence-electron chi connectivity index (χ2n) is 16.1. The predicted octanol–water partition coefficient (Wildman–Crippen LogP) is 14.5. The lowest BCUT2D eigenvalue weighted by atomic mass is 9.98. The first-order valence-electron chi connectivity index (χ1n) is 19.9. The molecule has 0 unspecified atom stereocenters. The van der Waals surface area contributed by atoms with Crippen molar-refractivity contribution in [3.8, 4) is 22.3 Å². The van der Waals surface area contributed by atoms with E-state index in [0.29, 0.717) is 0 Å². The Morgan fingerprint density at radius 2 is 0.439 bits per heavy atom. The van der Waals surface area contributed by atoms with Crippen molar-refractivity contribution < 1.29 is 0 Å². The Balaban J connectivity index is 0.894. The molecule has 0 bridgehead atoms. The number of benzene rings is 9. The fraction of sp³-hybridized carbons (Fsp3) is 0. The summed E-state index contributed by atoms with van der Waals surface area (Å²) in [6.07, 6.45) is 0. The second-order valence-corrected chi connectivity index (χ2v) is 16.1. The van der Waals surface area contributed by atoms with Crippen LogP contribution in [0.4, 0.5) is 0 Å². The molecule has 0 radical (unpaired) electrons. The zero-order valence-electron chi connectivity index (χ0n) is 30.6. The zero-order valence-corrected chi connectivity index (χ0v) is 30.6. The maximum absolute atomic E-state index is 2.49. The monoisotopic (exact) mass is 719 g/mol. The van der Waals surface area contributed by atoms with Gasteiger partial charge in [-0.05, 0) is 82.9 Å². The van der Waals surface area contributed by atoms with Gasteiger partial charge in [-0.1, -0.05) is 115 Å². The lowest BCUT2D eigenvalue weighted by Gasteiger charge is -2.07. The van der Waals surface area contributed by atoms with Crippen molar-refractivity contribution in [2.75, 3.05) is 0 Å². The van der Waals surface area contributed by atoms with Crippen LogP contribution in [0.1, 0.15) is 0 Å². The lowest BCUT2D eigenvalue weighted by molar-refractivity contribution is 1.37. The van der Waals surface area contributed by atoms with Gasteiger partial charge in [-0.25, -0.2) is 0 Å². The van der Waals surface area contributed by atoms with Crippen LogP contribution in [-0.4, -0.2) is 13.2 Å². The molecule has 9 aromatic carbocycles. The van der Waals surface area contributed by atoms with Gasteiger partial charge in [-0.2, -0.15) is 0 Å². The van der Waals surface area contributed by atoms with Gasteiger partial charge < -0.3 is 13.2 Å². The number of fused-ring (bicyclic) bond motifs is 18. The third-order valence-corrected chi connectivity index (χ3v) is 13.4. The third kappa shape index (κ3) is 3.35. The first kappa shape index (κ1) is 28.8. The predicted molar refractivity (Wildman–Crippen MR) is 241 cm³/mol. The van der Waals surface area contributed by atoms with Crippen molar-refractivity contribution in [1.29, 1.82) is 0 Å². The normalized spacial score (nSPS) is 12.9. The minimum absolute atomic E-state index is 1.24. The molecule has 260 valence electrons. The SMILES string of the molecule is c1ccc2c(c1)c1cccc3c4cc(-c5ccc6c(c5)c5cccc7c8cc(-c9ccc%10c(c9)c9cccc%11c%12ccccc%12n%10c%119)ccc8n6c57)ccc4n2c13. The van der Waals surface area contributed by atoms with Crippen molar-refractivity contribution in [1.82, 2.24) is 13.2 Å². The standard InChI is InChI=1S/C54H29N3/c1-3-16-46-34(8-1)36-10-5-12-38-42-26-30(18-22-48(42)55(46)52(36)38)32-20-24-50-44(28-32)40-14-7-15-41-45-29-33(21-25-51(45)57(50)54(40)41)31-19-23-49-43(27-31)39-13-6-11-37-35-9-2-4-17-47(35)56(49)53(37)39/h1-29H. The molecule has 3 heteroatoms. The van der Waals surface area contributed by atoms with Gasteiger partial charge in [0.2, 0.25) is 0 Å². The number of para-hydroxylation sites is 5. The molecule has 0 N–H and O–H groups in total. The number of nitrogens with zero attached hydrogens (tertiary/aromatic N) is 3. The van der Waals surface area contributed by atoms with Crippen LogP contribution in [0.25, 0.3) is 137 Å². The molecule has 0 saturated heterocycles. The second kappa shape index (κ2) is 9.78. The molecular formula is C54H29N3. The maximum atomic E-state index is 2.49. The summed E-state index contributed by atoms with van der Waals surface area (Å²) >= 11 is 0.